The van der Waals surface area contributed by atoms with Gasteiger partial charge >= 0.3 is 0 Å². The molecule has 1 saturated heterocycles. The first kappa shape index (κ1) is 19.7. The quantitative estimate of drug-likeness (QED) is 0.390. The molecule has 0 unspecified atom stereocenters. The predicted molar refractivity (Wildman–Crippen MR) is 118 cm³/mol. The minimum absolute atomic E-state index is 0.0186. The summed E-state index contributed by atoms with van der Waals surface area (Å²) in [6, 6.07) is 16.9. The Morgan fingerprint density at radius 1 is 1.03 bits per heavy atom. The highest BCUT2D eigenvalue weighted by atomic mass is 32.1. The molecule has 1 heterocycles. The third kappa shape index (κ3) is 3.44. The van der Waals surface area contributed by atoms with Crippen LogP contribution in [-0.2, 0) is 9.59 Å². The van der Waals surface area contributed by atoms with Crippen LogP contribution in [0.25, 0.3) is 16.8 Å². The zero-order valence-electron chi connectivity index (χ0n) is 16.0. The Hall–Kier alpha value is -3.58. The second kappa shape index (κ2) is 8.04. The highest BCUT2D eigenvalue weighted by Gasteiger charge is 2.35. The van der Waals surface area contributed by atoms with E-state index in [1.54, 1.807) is 18.2 Å². The molecule has 0 aromatic heterocycles. The highest BCUT2D eigenvalue weighted by molar-refractivity contribution is 7.80. The van der Waals surface area contributed by atoms with E-state index in [1.165, 1.54) is 24.3 Å². The van der Waals surface area contributed by atoms with Crippen LogP contribution in [0.2, 0.25) is 0 Å². The number of thiocarbonyl (C=S) groups is 1. The topological polar surface area (TPSA) is 58.6 Å². The van der Waals surface area contributed by atoms with Gasteiger partial charge in [-0.2, -0.15) is 0 Å². The van der Waals surface area contributed by atoms with Gasteiger partial charge in [0.15, 0.2) is 5.11 Å². The number of hydrogen-bond donors (Lipinski definition) is 1. The van der Waals surface area contributed by atoms with Crippen molar-refractivity contribution in [1.82, 2.24) is 5.32 Å². The van der Waals surface area contributed by atoms with Crippen molar-refractivity contribution in [3.63, 3.8) is 0 Å². The Labute approximate surface area is 177 Å². The maximum absolute atomic E-state index is 14.3. The molecule has 1 fully saturated rings. The number of amides is 2. The van der Waals surface area contributed by atoms with Crippen molar-refractivity contribution in [3.8, 4) is 5.75 Å². The number of nitrogens with one attached hydrogen (secondary N) is 1. The fourth-order valence-electron chi connectivity index (χ4n) is 3.37. The number of ether oxygens (including phenoxy) is 1. The fraction of sp³-hybridized carbons (Fsp3) is 0.0870. The Balaban J connectivity index is 1.83. The van der Waals surface area contributed by atoms with Gasteiger partial charge in [0, 0.05) is 5.39 Å². The first-order valence-electron chi connectivity index (χ1n) is 9.31. The van der Waals surface area contributed by atoms with E-state index < -0.39 is 17.6 Å². The number of carbonyl (C=O) groups is 2. The second-order valence-electron chi connectivity index (χ2n) is 6.54. The van der Waals surface area contributed by atoms with Crippen molar-refractivity contribution in [2.24, 2.45) is 0 Å². The number of fused-ring (bicyclic) bond motifs is 1. The summed E-state index contributed by atoms with van der Waals surface area (Å²) < 4.78 is 20.0. The third-order valence-electron chi connectivity index (χ3n) is 4.71. The van der Waals surface area contributed by atoms with E-state index in [9.17, 15) is 14.0 Å². The molecule has 0 radical (unpaired) electrons. The summed E-state index contributed by atoms with van der Waals surface area (Å²) in [4.78, 5) is 26.7. The minimum atomic E-state index is -0.688. The summed E-state index contributed by atoms with van der Waals surface area (Å²) in [5.41, 5.74) is 0.505. The Morgan fingerprint density at radius 2 is 1.73 bits per heavy atom. The molecule has 1 N–H and O–H groups in total. The van der Waals surface area contributed by atoms with Gasteiger partial charge in [0.1, 0.15) is 17.1 Å². The molecule has 2 amide bonds. The summed E-state index contributed by atoms with van der Waals surface area (Å²) >= 11 is 5.13. The predicted octanol–water partition coefficient (Wildman–Crippen LogP) is 4.21. The van der Waals surface area contributed by atoms with Crippen LogP contribution in [0.4, 0.5) is 10.1 Å². The van der Waals surface area contributed by atoms with Gasteiger partial charge in [-0.15, -0.1) is 0 Å². The first-order chi connectivity index (χ1) is 14.5. The molecule has 1 aliphatic rings. The number of hydrogen-bond acceptors (Lipinski definition) is 4. The SMILES string of the molecule is CCOc1ccc(/C=C2\C(=O)NC(=S)N(c3ccccc3F)C2=O)c2ccccc12. The van der Waals surface area contributed by atoms with Crippen molar-refractivity contribution < 1.29 is 18.7 Å². The average Bonchev–Trinajstić information content (AvgIpc) is 2.74. The lowest BCUT2D eigenvalue weighted by Gasteiger charge is -2.29. The van der Waals surface area contributed by atoms with Gasteiger partial charge in [-0.05, 0) is 54.4 Å². The number of carbonyl (C=O) groups excluding carboxylic acids is 2. The molecule has 5 nitrogen and oxygen atoms in total. The molecule has 0 saturated carbocycles. The zero-order chi connectivity index (χ0) is 21.3. The molecule has 1 aliphatic heterocycles. The number of rotatable bonds is 4. The van der Waals surface area contributed by atoms with Crippen molar-refractivity contribution in [2.45, 2.75) is 6.92 Å². The van der Waals surface area contributed by atoms with Crippen LogP contribution in [0.1, 0.15) is 12.5 Å². The molecule has 0 aliphatic carbocycles. The van der Waals surface area contributed by atoms with E-state index in [-0.39, 0.29) is 16.4 Å². The Morgan fingerprint density at radius 3 is 2.47 bits per heavy atom. The molecule has 30 heavy (non-hydrogen) atoms. The summed E-state index contributed by atoms with van der Waals surface area (Å²) in [6.07, 6.45) is 1.49. The molecular weight excluding hydrogens is 403 g/mol. The molecule has 0 atom stereocenters. The molecule has 0 spiro atoms. The van der Waals surface area contributed by atoms with E-state index in [2.05, 4.69) is 5.32 Å². The van der Waals surface area contributed by atoms with Gasteiger partial charge < -0.3 is 4.74 Å². The fourth-order valence-corrected chi connectivity index (χ4v) is 3.64. The number of anilines is 1. The molecule has 150 valence electrons. The van der Waals surface area contributed by atoms with Gasteiger partial charge in [0.05, 0.1) is 12.3 Å². The lowest BCUT2D eigenvalue weighted by molar-refractivity contribution is -0.122. The van der Waals surface area contributed by atoms with Crippen molar-refractivity contribution >= 4 is 51.7 Å². The summed E-state index contributed by atoms with van der Waals surface area (Å²) in [6.45, 7) is 2.41. The van der Waals surface area contributed by atoms with E-state index in [1.807, 2.05) is 31.2 Å². The molecule has 4 rings (SSSR count). The molecule has 0 bridgehead atoms. The van der Waals surface area contributed by atoms with Crippen LogP contribution >= 0.6 is 12.2 Å². The normalized spacial score (nSPS) is 15.6. The minimum Gasteiger partial charge on any atom is -0.493 e. The van der Waals surface area contributed by atoms with E-state index in [4.69, 9.17) is 17.0 Å². The first-order valence-corrected chi connectivity index (χ1v) is 9.72. The van der Waals surface area contributed by atoms with Crippen LogP contribution in [0.3, 0.4) is 0 Å². The summed E-state index contributed by atoms with van der Waals surface area (Å²) in [7, 11) is 0. The lowest BCUT2D eigenvalue weighted by atomic mass is 10.00. The number of para-hydroxylation sites is 1. The van der Waals surface area contributed by atoms with Crippen molar-refractivity contribution in [2.75, 3.05) is 11.5 Å². The van der Waals surface area contributed by atoms with Gasteiger partial charge in [0.2, 0.25) is 0 Å². The van der Waals surface area contributed by atoms with Gasteiger partial charge in [0.25, 0.3) is 11.8 Å². The van der Waals surface area contributed by atoms with Crippen LogP contribution in [0.15, 0.2) is 66.2 Å². The van der Waals surface area contributed by atoms with E-state index >= 15 is 0 Å². The monoisotopic (exact) mass is 420 g/mol. The number of halogens is 1. The molecular formula is C23H17FN2O3S. The maximum atomic E-state index is 14.3. The van der Waals surface area contributed by atoms with Gasteiger partial charge in [-0.1, -0.05) is 42.5 Å². The highest BCUT2D eigenvalue weighted by Crippen LogP contribution is 2.31. The zero-order valence-corrected chi connectivity index (χ0v) is 16.8. The van der Waals surface area contributed by atoms with E-state index in [0.29, 0.717) is 17.9 Å². The van der Waals surface area contributed by atoms with Crippen LogP contribution < -0.4 is 15.0 Å². The van der Waals surface area contributed by atoms with Crippen molar-refractivity contribution in [1.29, 1.82) is 0 Å². The van der Waals surface area contributed by atoms with Gasteiger partial charge in [-0.25, -0.2) is 9.29 Å². The summed E-state index contributed by atoms with van der Waals surface area (Å²) in [5.74, 6) is -1.22. The number of nitrogens with zero attached hydrogens (tertiary/aromatic N) is 1. The summed E-state index contributed by atoms with van der Waals surface area (Å²) in [5, 5.41) is 3.99. The Bertz CT molecular complexity index is 1220. The maximum Gasteiger partial charge on any atom is 0.270 e. The Kier molecular flexibility index (Phi) is 5.29. The standard InChI is InChI=1S/C23H17FN2O3S/c1-2-29-20-12-11-14(15-7-3-4-8-16(15)20)13-17-21(27)25-23(30)26(22(17)28)19-10-6-5-9-18(19)24/h3-13H,2H2,1H3,(H,25,27,30)/b17-13+. The molecule has 3 aromatic rings. The second-order valence-corrected chi connectivity index (χ2v) is 6.93. The largest absolute Gasteiger partial charge is 0.493 e. The number of benzene rings is 3. The average molecular weight is 420 g/mol. The van der Waals surface area contributed by atoms with Crippen LogP contribution in [0.5, 0.6) is 5.75 Å². The van der Waals surface area contributed by atoms with Crippen LogP contribution in [-0.4, -0.2) is 23.5 Å². The smallest absolute Gasteiger partial charge is 0.270 e. The molecule has 7 heteroatoms. The third-order valence-corrected chi connectivity index (χ3v) is 5.00. The van der Waals surface area contributed by atoms with Crippen LogP contribution in [0, 0.1) is 5.82 Å². The van der Waals surface area contributed by atoms with E-state index in [0.717, 1.165) is 15.7 Å². The van der Waals surface area contributed by atoms with Crippen molar-refractivity contribution in [3.05, 3.63) is 77.6 Å². The lowest BCUT2D eigenvalue weighted by Crippen LogP contribution is -2.54. The van der Waals surface area contributed by atoms with Gasteiger partial charge in [-0.3, -0.25) is 14.9 Å². The molecule has 3 aromatic carbocycles.